The molecule has 19 heavy (non-hydrogen) atoms. The van der Waals surface area contributed by atoms with Crippen molar-refractivity contribution >= 4 is 0 Å². The van der Waals surface area contributed by atoms with Crippen molar-refractivity contribution in [3.63, 3.8) is 0 Å². The summed E-state index contributed by atoms with van der Waals surface area (Å²) in [5, 5.41) is 0. The van der Waals surface area contributed by atoms with Crippen molar-refractivity contribution in [2.24, 2.45) is 17.7 Å². The minimum atomic E-state index is -4.14. The molecule has 1 saturated carbocycles. The summed E-state index contributed by atoms with van der Waals surface area (Å²) in [6.07, 6.45) is 1.31. The van der Waals surface area contributed by atoms with Crippen LogP contribution in [0.4, 0.5) is 13.2 Å². The van der Waals surface area contributed by atoms with Crippen LogP contribution in [0.25, 0.3) is 0 Å². The molecular weight excluding hydrogens is 257 g/mol. The molecule has 0 aromatic rings. The van der Waals surface area contributed by atoms with Gasteiger partial charge < -0.3 is 4.74 Å². The third-order valence-electron chi connectivity index (χ3n) is 4.21. The van der Waals surface area contributed by atoms with Crippen LogP contribution in [0, 0.1) is 11.8 Å². The van der Waals surface area contributed by atoms with Crippen LogP contribution in [0.3, 0.4) is 0 Å². The zero-order valence-corrected chi connectivity index (χ0v) is 10.9. The largest absolute Gasteiger partial charge is 0.501 e. The summed E-state index contributed by atoms with van der Waals surface area (Å²) in [4.78, 5) is 0. The molecule has 3 unspecified atom stereocenters. The van der Waals surface area contributed by atoms with Gasteiger partial charge in [-0.25, -0.2) is 0 Å². The van der Waals surface area contributed by atoms with Gasteiger partial charge in [0.2, 0.25) is 0 Å². The van der Waals surface area contributed by atoms with Gasteiger partial charge >= 0.3 is 6.18 Å². The molecule has 2 aliphatic rings. The topological polar surface area (TPSA) is 47.3 Å². The number of halogens is 3. The minimum Gasteiger partial charge on any atom is -0.501 e. The molecule has 0 amide bonds. The number of nitrogens with two attached hydrogens (primary N) is 1. The lowest BCUT2D eigenvalue weighted by Crippen LogP contribution is -2.49. The van der Waals surface area contributed by atoms with Crippen molar-refractivity contribution < 1.29 is 17.9 Å². The first-order valence-corrected chi connectivity index (χ1v) is 6.87. The van der Waals surface area contributed by atoms with E-state index in [4.69, 9.17) is 10.6 Å². The van der Waals surface area contributed by atoms with E-state index in [0.29, 0.717) is 19.4 Å². The summed E-state index contributed by atoms with van der Waals surface area (Å²) in [5.74, 6) is 3.79. The Labute approximate surface area is 111 Å². The molecular formula is C13H21F3N2O. The number of alkyl halides is 3. The van der Waals surface area contributed by atoms with Gasteiger partial charge in [0.15, 0.2) is 0 Å². The molecule has 3 N–H and O–H groups in total. The van der Waals surface area contributed by atoms with Crippen molar-refractivity contribution in [3.05, 3.63) is 11.8 Å². The number of hydrazine groups is 1. The molecule has 1 fully saturated rings. The molecule has 1 aliphatic heterocycles. The average molecular weight is 278 g/mol. The lowest BCUT2D eigenvalue weighted by atomic mass is 9.72. The quantitative estimate of drug-likeness (QED) is 0.616. The van der Waals surface area contributed by atoms with E-state index >= 15 is 0 Å². The normalized spacial score (nSPS) is 30.4. The summed E-state index contributed by atoms with van der Waals surface area (Å²) in [6.45, 7) is 0.633. The summed E-state index contributed by atoms with van der Waals surface area (Å²) in [7, 11) is 0. The Morgan fingerprint density at radius 3 is 2.58 bits per heavy atom. The maximum Gasteiger partial charge on any atom is 0.392 e. The molecule has 6 heteroatoms. The lowest BCUT2D eigenvalue weighted by molar-refractivity contribution is -0.198. The highest BCUT2D eigenvalue weighted by atomic mass is 19.4. The lowest BCUT2D eigenvalue weighted by Gasteiger charge is -2.39. The highest BCUT2D eigenvalue weighted by Gasteiger charge is 2.48. The Kier molecular flexibility index (Phi) is 4.73. The molecule has 0 aromatic heterocycles. The molecule has 0 bridgehead atoms. The van der Waals surface area contributed by atoms with Gasteiger partial charge in [0.25, 0.3) is 0 Å². The van der Waals surface area contributed by atoms with Crippen LogP contribution in [-0.4, -0.2) is 18.8 Å². The van der Waals surface area contributed by atoms with Crippen molar-refractivity contribution in [1.29, 1.82) is 0 Å². The predicted octanol–water partition coefficient (Wildman–Crippen LogP) is 2.88. The first kappa shape index (κ1) is 14.7. The SMILES string of the molecule is NNC(C1=COCCC1)C1CCCCC1C(F)(F)F. The molecule has 1 heterocycles. The molecule has 3 atom stereocenters. The molecule has 0 saturated heterocycles. The van der Waals surface area contributed by atoms with Gasteiger partial charge in [0, 0.05) is 6.04 Å². The van der Waals surface area contributed by atoms with Gasteiger partial charge in [-0.1, -0.05) is 12.8 Å². The van der Waals surface area contributed by atoms with E-state index in [9.17, 15) is 13.2 Å². The molecule has 0 radical (unpaired) electrons. The van der Waals surface area contributed by atoms with Gasteiger partial charge in [0.1, 0.15) is 0 Å². The van der Waals surface area contributed by atoms with E-state index in [1.807, 2.05) is 0 Å². The average Bonchev–Trinajstić information content (AvgIpc) is 2.40. The van der Waals surface area contributed by atoms with E-state index in [1.165, 1.54) is 0 Å². The maximum atomic E-state index is 13.1. The highest BCUT2D eigenvalue weighted by Crippen LogP contribution is 2.44. The van der Waals surface area contributed by atoms with Gasteiger partial charge in [-0.05, 0) is 37.2 Å². The second-order valence-corrected chi connectivity index (χ2v) is 5.41. The number of hydrogen-bond donors (Lipinski definition) is 2. The second-order valence-electron chi connectivity index (χ2n) is 5.41. The van der Waals surface area contributed by atoms with Crippen LogP contribution in [0.1, 0.15) is 38.5 Å². The molecule has 110 valence electrons. The Morgan fingerprint density at radius 2 is 2.00 bits per heavy atom. The van der Waals surface area contributed by atoms with Crippen LogP contribution in [-0.2, 0) is 4.74 Å². The minimum absolute atomic E-state index is 0.209. The zero-order chi connectivity index (χ0) is 13.9. The van der Waals surface area contributed by atoms with E-state index in [-0.39, 0.29) is 6.42 Å². The van der Waals surface area contributed by atoms with Crippen molar-refractivity contribution in [2.75, 3.05) is 6.61 Å². The van der Waals surface area contributed by atoms with Crippen LogP contribution in [0.5, 0.6) is 0 Å². The van der Waals surface area contributed by atoms with E-state index in [0.717, 1.165) is 24.8 Å². The van der Waals surface area contributed by atoms with Crippen LogP contribution in [0.2, 0.25) is 0 Å². The molecule has 1 aliphatic carbocycles. The summed E-state index contributed by atoms with van der Waals surface area (Å²) < 4.78 is 44.6. The first-order chi connectivity index (χ1) is 9.04. The fourth-order valence-corrected chi connectivity index (χ4v) is 3.28. The first-order valence-electron chi connectivity index (χ1n) is 6.87. The Bertz CT molecular complexity index is 330. The Morgan fingerprint density at radius 1 is 1.26 bits per heavy atom. The molecule has 0 spiro atoms. The standard InChI is InChI=1S/C13H21F3N2O/c14-13(15,16)11-6-2-1-5-10(11)12(18-17)9-4-3-7-19-8-9/h8,10-12,18H,1-7,17H2. The van der Waals surface area contributed by atoms with Crippen molar-refractivity contribution in [3.8, 4) is 0 Å². The zero-order valence-electron chi connectivity index (χ0n) is 10.9. The van der Waals surface area contributed by atoms with E-state index in [1.54, 1.807) is 6.26 Å². The highest BCUT2D eigenvalue weighted by molar-refractivity contribution is 5.13. The van der Waals surface area contributed by atoms with E-state index < -0.39 is 24.1 Å². The number of nitrogens with one attached hydrogen (secondary N) is 1. The van der Waals surface area contributed by atoms with Gasteiger partial charge in [-0.15, -0.1) is 0 Å². The molecule has 0 aromatic carbocycles. The molecule has 2 rings (SSSR count). The third kappa shape index (κ3) is 3.42. The third-order valence-corrected chi connectivity index (χ3v) is 4.21. The van der Waals surface area contributed by atoms with Gasteiger partial charge in [-0.2, -0.15) is 13.2 Å². The fraction of sp³-hybridized carbons (Fsp3) is 0.846. The fourth-order valence-electron chi connectivity index (χ4n) is 3.28. The number of hydrogen-bond acceptors (Lipinski definition) is 3. The van der Waals surface area contributed by atoms with Crippen LogP contribution >= 0.6 is 0 Å². The van der Waals surface area contributed by atoms with Crippen molar-refractivity contribution in [1.82, 2.24) is 5.43 Å². The Hall–Kier alpha value is -0.750. The summed E-state index contributed by atoms with van der Waals surface area (Å²) in [5.41, 5.74) is 3.47. The number of ether oxygens (including phenoxy) is 1. The van der Waals surface area contributed by atoms with Gasteiger partial charge in [-0.3, -0.25) is 11.3 Å². The smallest absolute Gasteiger partial charge is 0.392 e. The van der Waals surface area contributed by atoms with Crippen molar-refractivity contribution in [2.45, 2.75) is 50.7 Å². The Balaban J connectivity index is 2.16. The summed E-state index contributed by atoms with van der Waals surface area (Å²) in [6, 6.07) is -0.424. The molecule has 3 nitrogen and oxygen atoms in total. The maximum absolute atomic E-state index is 13.1. The second kappa shape index (κ2) is 6.13. The van der Waals surface area contributed by atoms with Crippen LogP contribution < -0.4 is 11.3 Å². The van der Waals surface area contributed by atoms with E-state index in [2.05, 4.69) is 5.43 Å². The van der Waals surface area contributed by atoms with Gasteiger partial charge in [0.05, 0.1) is 18.8 Å². The van der Waals surface area contributed by atoms with Crippen LogP contribution in [0.15, 0.2) is 11.8 Å². The number of rotatable bonds is 3. The monoisotopic (exact) mass is 278 g/mol. The predicted molar refractivity (Wildman–Crippen MR) is 65.9 cm³/mol. The summed E-state index contributed by atoms with van der Waals surface area (Å²) >= 11 is 0.